The fourth-order valence-corrected chi connectivity index (χ4v) is 3.84. The van der Waals surface area contributed by atoms with Gasteiger partial charge in [-0.05, 0) is 25.3 Å². The number of nitrogens with zero attached hydrogens (tertiary/aromatic N) is 3. The summed E-state index contributed by atoms with van der Waals surface area (Å²) in [5, 5.41) is 8.77. The summed E-state index contributed by atoms with van der Waals surface area (Å²) in [6.45, 7) is 1.34. The van der Waals surface area contributed by atoms with E-state index in [0.717, 1.165) is 32.2 Å². The minimum absolute atomic E-state index is 0.0288. The Hall–Kier alpha value is -2.13. The Labute approximate surface area is 135 Å². The lowest BCUT2D eigenvalue weighted by atomic mass is 9.88. The van der Waals surface area contributed by atoms with Gasteiger partial charge in [0.1, 0.15) is 12.2 Å². The first-order valence-corrected chi connectivity index (χ1v) is 8.20. The minimum atomic E-state index is -0.0288. The van der Waals surface area contributed by atoms with Gasteiger partial charge in [0, 0.05) is 25.2 Å². The number of amides is 1. The standard InChI is InChI=1S/C17H19N3O3/c18-8-11-1-4-16(19-9-11)23-13-5-6-20(10-13)17(21)14-7-12-2-3-15(14)22-12/h1,4,9,12-15H,2-3,5-7,10H2/t12-,13?,14-,15+/m1/s1. The Balaban J connectivity index is 1.33. The normalized spacial score (nSPS) is 32.0. The molecule has 6 nitrogen and oxygen atoms in total. The fraction of sp³-hybridized carbons (Fsp3) is 0.588. The third-order valence-electron chi connectivity index (χ3n) is 5.03. The van der Waals surface area contributed by atoms with Crippen molar-refractivity contribution in [3.8, 4) is 11.9 Å². The van der Waals surface area contributed by atoms with Crippen LogP contribution in [0, 0.1) is 17.2 Å². The fourth-order valence-electron chi connectivity index (χ4n) is 3.84. The van der Waals surface area contributed by atoms with Crippen molar-refractivity contribution < 1.29 is 14.3 Å². The maximum atomic E-state index is 12.7. The molecule has 0 spiro atoms. The summed E-state index contributed by atoms with van der Waals surface area (Å²) < 4.78 is 11.6. The number of likely N-dealkylation sites (tertiary alicyclic amines) is 1. The molecule has 0 radical (unpaired) electrons. The predicted molar refractivity (Wildman–Crippen MR) is 80.6 cm³/mol. The Morgan fingerprint density at radius 1 is 1.39 bits per heavy atom. The smallest absolute Gasteiger partial charge is 0.228 e. The second-order valence-corrected chi connectivity index (χ2v) is 6.53. The van der Waals surface area contributed by atoms with Crippen LogP contribution in [-0.4, -0.2) is 47.2 Å². The number of carbonyl (C=O) groups excluding carboxylic acids is 1. The average Bonchev–Trinajstić information content (AvgIpc) is 3.31. The maximum absolute atomic E-state index is 12.7. The SMILES string of the molecule is N#Cc1ccc(OC2CCN(C(=O)[C@@H]3C[C@H]4CC[C@@H]3O4)C2)nc1. The van der Waals surface area contributed by atoms with E-state index in [1.165, 1.54) is 6.20 Å². The van der Waals surface area contributed by atoms with Gasteiger partial charge in [0.15, 0.2) is 0 Å². The molecule has 0 saturated carbocycles. The number of hydrogen-bond donors (Lipinski definition) is 0. The topological polar surface area (TPSA) is 75.5 Å². The molecular formula is C17H19N3O3. The molecule has 3 fully saturated rings. The van der Waals surface area contributed by atoms with Gasteiger partial charge >= 0.3 is 0 Å². The van der Waals surface area contributed by atoms with Crippen LogP contribution in [0.4, 0.5) is 0 Å². The summed E-state index contributed by atoms with van der Waals surface area (Å²) in [6, 6.07) is 5.42. The Morgan fingerprint density at radius 2 is 2.30 bits per heavy atom. The second-order valence-electron chi connectivity index (χ2n) is 6.53. The second kappa shape index (κ2) is 5.82. The first-order chi connectivity index (χ1) is 11.2. The summed E-state index contributed by atoms with van der Waals surface area (Å²) in [5.41, 5.74) is 0.511. The lowest BCUT2D eigenvalue weighted by Crippen LogP contribution is -2.39. The number of hydrogen-bond acceptors (Lipinski definition) is 5. The molecule has 0 aliphatic carbocycles. The van der Waals surface area contributed by atoms with Crippen LogP contribution in [0.3, 0.4) is 0 Å². The highest BCUT2D eigenvalue weighted by molar-refractivity contribution is 5.80. The predicted octanol–water partition coefficient (Wildman–Crippen LogP) is 1.50. The Kier molecular flexibility index (Phi) is 3.66. The van der Waals surface area contributed by atoms with Gasteiger partial charge in [-0.15, -0.1) is 0 Å². The molecule has 3 saturated heterocycles. The first-order valence-electron chi connectivity index (χ1n) is 8.20. The van der Waals surface area contributed by atoms with Crippen molar-refractivity contribution in [2.24, 2.45) is 5.92 Å². The van der Waals surface area contributed by atoms with Crippen LogP contribution in [0.2, 0.25) is 0 Å². The number of aromatic nitrogens is 1. The highest BCUT2D eigenvalue weighted by Crippen LogP contribution is 2.40. The van der Waals surface area contributed by atoms with Crippen molar-refractivity contribution in [2.45, 2.75) is 44.0 Å². The monoisotopic (exact) mass is 313 g/mol. The average molecular weight is 313 g/mol. The van der Waals surface area contributed by atoms with Crippen LogP contribution in [0.15, 0.2) is 18.3 Å². The maximum Gasteiger partial charge on any atom is 0.228 e. The molecule has 1 amide bonds. The number of carbonyl (C=O) groups is 1. The third kappa shape index (κ3) is 2.77. The molecular weight excluding hydrogens is 294 g/mol. The van der Waals surface area contributed by atoms with Gasteiger partial charge in [-0.25, -0.2) is 4.98 Å². The van der Waals surface area contributed by atoms with Gasteiger partial charge in [-0.1, -0.05) is 0 Å². The Bertz CT molecular complexity index is 639. The van der Waals surface area contributed by atoms with Gasteiger partial charge in [-0.3, -0.25) is 4.79 Å². The molecule has 0 N–H and O–H groups in total. The van der Waals surface area contributed by atoms with Gasteiger partial charge in [0.05, 0.1) is 30.2 Å². The van der Waals surface area contributed by atoms with Crippen LogP contribution in [-0.2, 0) is 9.53 Å². The lowest BCUT2D eigenvalue weighted by Gasteiger charge is -2.24. The van der Waals surface area contributed by atoms with E-state index < -0.39 is 0 Å². The highest BCUT2D eigenvalue weighted by atomic mass is 16.5. The number of pyridine rings is 1. The van der Waals surface area contributed by atoms with E-state index >= 15 is 0 Å². The molecule has 23 heavy (non-hydrogen) atoms. The van der Waals surface area contributed by atoms with E-state index in [1.807, 2.05) is 11.0 Å². The van der Waals surface area contributed by atoms with Crippen LogP contribution >= 0.6 is 0 Å². The van der Waals surface area contributed by atoms with Crippen LogP contribution in [0.1, 0.15) is 31.2 Å². The largest absolute Gasteiger partial charge is 0.472 e. The Morgan fingerprint density at radius 3 is 2.96 bits per heavy atom. The van der Waals surface area contributed by atoms with E-state index in [4.69, 9.17) is 14.7 Å². The molecule has 4 rings (SSSR count). The number of fused-ring (bicyclic) bond motifs is 2. The van der Waals surface area contributed by atoms with E-state index in [2.05, 4.69) is 4.98 Å². The van der Waals surface area contributed by atoms with Crippen LogP contribution in [0.5, 0.6) is 5.88 Å². The molecule has 2 bridgehead atoms. The molecule has 1 aromatic rings. The van der Waals surface area contributed by atoms with Crippen molar-refractivity contribution in [3.63, 3.8) is 0 Å². The third-order valence-corrected chi connectivity index (χ3v) is 5.03. The van der Waals surface area contributed by atoms with Crippen LogP contribution < -0.4 is 4.74 Å². The van der Waals surface area contributed by atoms with Crippen molar-refractivity contribution in [2.75, 3.05) is 13.1 Å². The minimum Gasteiger partial charge on any atom is -0.472 e. The number of rotatable bonds is 3. The van der Waals surface area contributed by atoms with E-state index in [0.29, 0.717) is 24.1 Å². The van der Waals surface area contributed by atoms with Crippen LogP contribution in [0.25, 0.3) is 0 Å². The first kappa shape index (κ1) is 14.5. The molecule has 1 unspecified atom stereocenters. The van der Waals surface area contributed by atoms with Crippen molar-refractivity contribution in [1.82, 2.24) is 9.88 Å². The van der Waals surface area contributed by atoms with E-state index in [1.54, 1.807) is 12.1 Å². The molecule has 4 heterocycles. The van der Waals surface area contributed by atoms with Gasteiger partial charge in [0.2, 0.25) is 11.8 Å². The van der Waals surface area contributed by atoms with Crippen molar-refractivity contribution in [3.05, 3.63) is 23.9 Å². The molecule has 3 aliphatic heterocycles. The zero-order valence-corrected chi connectivity index (χ0v) is 12.9. The van der Waals surface area contributed by atoms with Gasteiger partial charge in [-0.2, -0.15) is 5.26 Å². The molecule has 6 heteroatoms. The van der Waals surface area contributed by atoms with E-state index in [-0.39, 0.29) is 24.0 Å². The van der Waals surface area contributed by atoms with Crippen molar-refractivity contribution in [1.29, 1.82) is 5.26 Å². The molecule has 0 aromatic carbocycles. The van der Waals surface area contributed by atoms with Gasteiger partial charge < -0.3 is 14.4 Å². The van der Waals surface area contributed by atoms with E-state index in [9.17, 15) is 4.79 Å². The quantitative estimate of drug-likeness (QED) is 0.845. The molecule has 1 aromatic heterocycles. The molecule has 4 atom stereocenters. The summed E-state index contributed by atoms with van der Waals surface area (Å²) in [5.74, 6) is 0.767. The summed E-state index contributed by atoms with van der Waals surface area (Å²) in [4.78, 5) is 18.7. The summed E-state index contributed by atoms with van der Waals surface area (Å²) >= 11 is 0. The van der Waals surface area contributed by atoms with Crippen molar-refractivity contribution >= 4 is 5.91 Å². The summed E-state index contributed by atoms with van der Waals surface area (Å²) in [6.07, 6.45) is 5.71. The number of ether oxygens (including phenoxy) is 2. The highest BCUT2D eigenvalue weighted by Gasteiger charge is 2.46. The molecule has 120 valence electrons. The lowest BCUT2D eigenvalue weighted by molar-refractivity contribution is -0.136. The zero-order valence-electron chi connectivity index (χ0n) is 12.9. The van der Waals surface area contributed by atoms with Gasteiger partial charge in [0.25, 0.3) is 0 Å². The summed E-state index contributed by atoms with van der Waals surface area (Å²) in [7, 11) is 0. The molecule has 3 aliphatic rings. The zero-order chi connectivity index (χ0) is 15.8. The number of nitriles is 1.